The number of aliphatic hydroxyl groups is 1. The van der Waals surface area contributed by atoms with Crippen LogP contribution in [-0.4, -0.2) is 54.0 Å². The first-order valence-corrected chi connectivity index (χ1v) is 6.44. The molecule has 19 heavy (non-hydrogen) atoms. The van der Waals surface area contributed by atoms with E-state index in [1.54, 1.807) is 0 Å². The summed E-state index contributed by atoms with van der Waals surface area (Å²) in [5.74, 6) is 0.268. The van der Waals surface area contributed by atoms with Crippen LogP contribution in [0.15, 0.2) is 0 Å². The molecule has 0 aromatic carbocycles. The number of nitrogens with one attached hydrogen (secondary N) is 2. The molecule has 0 aliphatic rings. The van der Waals surface area contributed by atoms with E-state index in [1.165, 1.54) is 7.11 Å². The summed E-state index contributed by atoms with van der Waals surface area (Å²) >= 11 is 5.76. The first kappa shape index (κ1) is 16.0. The van der Waals surface area contributed by atoms with Crippen LogP contribution >= 0.6 is 20.8 Å². The van der Waals surface area contributed by atoms with E-state index in [0.29, 0.717) is 24.5 Å². The molecule has 1 atom stereocenters. The summed E-state index contributed by atoms with van der Waals surface area (Å²) in [6.07, 6.45) is 0. The molecule has 3 N–H and O–H groups in total. The molecule has 1 aromatic heterocycles. The molecule has 0 spiro atoms. The zero-order chi connectivity index (χ0) is 14.3. The van der Waals surface area contributed by atoms with Crippen LogP contribution in [0.25, 0.3) is 0 Å². The van der Waals surface area contributed by atoms with Gasteiger partial charge in [-0.3, -0.25) is 5.41 Å². The third-order valence-corrected chi connectivity index (χ3v) is 2.52. The molecule has 0 bridgehead atoms. The summed E-state index contributed by atoms with van der Waals surface area (Å²) in [5, 5.41) is 19.3. The normalized spacial score (nSPS) is 10.3. The lowest BCUT2D eigenvalue weighted by Gasteiger charge is -2.13. The topological polar surface area (TPSA) is 100 Å². The van der Waals surface area contributed by atoms with Crippen LogP contribution in [0.3, 0.4) is 0 Å². The van der Waals surface area contributed by atoms with Gasteiger partial charge in [-0.05, 0) is 11.6 Å². The van der Waals surface area contributed by atoms with Gasteiger partial charge in [0, 0.05) is 6.54 Å². The standard InChI is InChI=1S/C10H16ClN4O3P/c1-17-9-7(13-2-4-18-5-3-16)6(8(12)19)14-10(11)15-9/h12-13,16H,2-5,19H2,1H3. The van der Waals surface area contributed by atoms with Crippen LogP contribution in [0.1, 0.15) is 5.69 Å². The van der Waals surface area contributed by atoms with Crippen molar-refractivity contribution in [3.63, 3.8) is 0 Å². The van der Waals surface area contributed by atoms with Gasteiger partial charge in [0.2, 0.25) is 11.2 Å². The Balaban J connectivity index is 2.81. The van der Waals surface area contributed by atoms with E-state index < -0.39 is 0 Å². The van der Waals surface area contributed by atoms with Crippen molar-refractivity contribution >= 4 is 32.0 Å². The van der Waals surface area contributed by atoms with Crippen molar-refractivity contribution < 1.29 is 14.6 Å². The molecular weight excluding hydrogens is 291 g/mol. The van der Waals surface area contributed by atoms with Crippen LogP contribution < -0.4 is 10.1 Å². The summed E-state index contributed by atoms with van der Waals surface area (Å²) in [4.78, 5) is 7.91. The average molecular weight is 307 g/mol. The molecule has 0 aliphatic carbocycles. The second-order valence-corrected chi connectivity index (χ2v) is 4.32. The molecule has 0 aliphatic heterocycles. The fourth-order valence-electron chi connectivity index (χ4n) is 1.33. The largest absolute Gasteiger partial charge is 0.479 e. The van der Waals surface area contributed by atoms with Crippen LogP contribution in [0.2, 0.25) is 5.28 Å². The van der Waals surface area contributed by atoms with Gasteiger partial charge in [-0.1, -0.05) is 9.24 Å². The van der Waals surface area contributed by atoms with Gasteiger partial charge >= 0.3 is 0 Å². The molecule has 106 valence electrons. The van der Waals surface area contributed by atoms with Crippen molar-refractivity contribution in [3.05, 3.63) is 11.0 Å². The molecule has 0 fully saturated rings. The third-order valence-electron chi connectivity index (χ3n) is 2.08. The number of methoxy groups -OCH3 is 1. The monoisotopic (exact) mass is 306 g/mol. The summed E-state index contributed by atoms with van der Waals surface area (Å²) in [6, 6.07) is 0. The van der Waals surface area contributed by atoms with Crippen molar-refractivity contribution in [2.75, 3.05) is 38.8 Å². The van der Waals surface area contributed by atoms with E-state index in [0.717, 1.165) is 0 Å². The lowest BCUT2D eigenvalue weighted by atomic mass is 10.3. The summed E-state index contributed by atoms with van der Waals surface area (Å²) < 4.78 is 10.2. The molecule has 0 radical (unpaired) electrons. The number of halogens is 1. The molecule has 1 heterocycles. The van der Waals surface area contributed by atoms with Gasteiger partial charge in [0.05, 0.1) is 32.4 Å². The minimum absolute atomic E-state index is 0.0149. The van der Waals surface area contributed by atoms with Crippen LogP contribution in [-0.2, 0) is 4.74 Å². The van der Waals surface area contributed by atoms with E-state index in [-0.39, 0.29) is 29.8 Å². The highest BCUT2D eigenvalue weighted by Crippen LogP contribution is 2.28. The summed E-state index contributed by atoms with van der Waals surface area (Å²) in [6.45, 7) is 1.12. The van der Waals surface area contributed by atoms with Crippen molar-refractivity contribution in [2.45, 2.75) is 0 Å². The number of aromatic nitrogens is 2. The van der Waals surface area contributed by atoms with Gasteiger partial charge < -0.3 is 19.9 Å². The predicted octanol–water partition coefficient (Wildman–Crippen LogP) is 0.760. The van der Waals surface area contributed by atoms with Gasteiger partial charge in [0.25, 0.3) is 0 Å². The molecule has 7 nitrogen and oxygen atoms in total. The Labute approximate surface area is 118 Å². The number of hydrogen-bond donors (Lipinski definition) is 3. The quantitative estimate of drug-likeness (QED) is 0.284. The van der Waals surface area contributed by atoms with E-state index >= 15 is 0 Å². The molecule has 1 unspecified atom stereocenters. The van der Waals surface area contributed by atoms with Crippen molar-refractivity contribution in [2.24, 2.45) is 0 Å². The molecule has 1 rings (SSSR count). The first-order chi connectivity index (χ1) is 9.10. The van der Waals surface area contributed by atoms with Gasteiger partial charge in [0.15, 0.2) is 0 Å². The maximum Gasteiger partial charge on any atom is 0.242 e. The maximum atomic E-state index is 8.58. The Kier molecular flexibility index (Phi) is 6.94. The number of nitrogens with zero attached hydrogens (tertiary/aromatic N) is 2. The fraction of sp³-hybridized carbons (Fsp3) is 0.500. The lowest BCUT2D eigenvalue weighted by Crippen LogP contribution is -2.15. The Morgan fingerprint density at radius 2 is 2.21 bits per heavy atom. The van der Waals surface area contributed by atoms with E-state index in [9.17, 15) is 0 Å². The lowest BCUT2D eigenvalue weighted by molar-refractivity contribution is 0.0992. The number of ether oxygens (including phenoxy) is 2. The smallest absolute Gasteiger partial charge is 0.242 e. The van der Waals surface area contributed by atoms with Crippen molar-refractivity contribution in [3.8, 4) is 5.88 Å². The SMILES string of the molecule is COc1nc(Cl)nc(C(=N)P)c1NCCOCCO. The average Bonchev–Trinajstić information content (AvgIpc) is 2.38. The number of anilines is 1. The van der Waals surface area contributed by atoms with Crippen molar-refractivity contribution in [1.82, 2.24) is 9.97 Å². The van der Waals surface area contributed by atoms with E-state index in [2.05, 4.69) is 24.5 Å². The second-order valence-electron chi connectivity index (χ2n) is 3.40. The molecule has 1 aromatic rings. The Morgan fingerprint density at radius 3 is 2.79 bits per heavy atom. The molecule has 0 saturated heterocycles. The van der Waals surface area contributed by atoms with Crippen molar-refractivity contribution in [1.29, 1.82) is 5.41 Å². The first-order valence-electron chi connectivity index (χ1n) is 5.48. The van der Waals surface area contributed by atoms with Gasteiger partial charge in [-0.2, -0.15) is 4.98 Å². The molecule has 0 amide bonds. The Hall–Kier alpha value is -1.01. The third kappa shape index (κ3) is 4.87. The van der Waals surface area contributed by atoms with Gasteiger partial charge in [-0.25, -0.2) is 4.98 Å². The number of aliphatic hydroxyl groups excluding tert-OH is 1. The maximum absolute atomic E-state index is 8.58. The zero-order valence-electron chi connectivity index (χ0n) is 10.4. The van der Waals surface area contributed by atoms with E-state index in [4.69, 9.17) is 31.6 Å². The number of hydrogen-bond acceptors (Lipinski definition) is 7. The second kappa shape index (κ2) is 8.22. The number of rotatable bonds is 8. The summed E-state index contributed by atoms with van der Waals surface area (Å²) in [5.41, 5.74) is 1.00. The van der Waals surface area contributed by atoms with Crippen LogP contribution in [0.4, 0.5) is 5.69 Å². The van der Waals surface area contributed by atoms with Gasteiger partial charge in [-0.15, -0.1) is 0 Å². The minimum Gasteiger partial charge on any atom is -0.479 e. The Morgan fingerprint density at radius 1 is 1.47 bits per heavy atom. The molecule has 0 saturated carbocycles. The zero-order valence-corrected chi connectivity index (χ0v) is 12.4. The molecular formula is C10H16ClN4O3P. The van der Waals surface area contributed by atoms with Crippen LogP contribution in [0.5, 0.6) is 5.88 Å². The van der Waals surface area contributed by atoms with Gasteiger partial charge in [0.1, 0.15) is 11.4 Å². The van der Waals surface area contributed by atoms with Crippen LogP contribution in [0, 0.1) is 5.41 Å². The summed E-state index contributed by atoms with van der Waals surface area (Å²) in [7, 11) is 3.70. The highest BCUT2D eigenvalue weighted by Gasteiger charge is 2.15. The fourth-order valence-corrected chi connectivity index (χ4v) is 1.70. The Bertz CT molecular complexity index is 447. The molecule has 9 heteroatoms. The highest BCUT2D eigenvalue weighted by atomic mass is 35.5. The predicted molar refractivity (Wildman–Crippen MR) is 76.5 cm³/mol. The minimum atomic E-state index is -0.0190. The van der Waals surface area contributed by atoms with E-state index in [1.807, 2.05) is 0 Å². The highest BCUT2D eigenvalue weighted by molar-refractivity contribution is 7.41.